The number of benzene rings is 2. The number of carbonyl (C=O) groups is 2. The van der Waals surface area contributed by atoms with Crippen molar-refractivity contribution in [3.05, 3.63) is 89.9 Å². The average molecular weight is 513 g/mol. The third-order valence-electron chi connectivity index (χ3n) is 4.94. The maximum atomic E-state index is 13.2. The summed E-state index contributed by atoms with van der Waals surface area (Å²) in [7, 11) is 1.39. The van der Waals surface area contributed by atoms with Crippen molar-refractivity contribution in [1.29, 1.82) is 0 Å². The molecular weight excluding hydrogens is 495 g/mol. The molecule has 0 saturated carbocycles. The molecule has 0 aliphatic heterocycles. The van der Waals surface area contributed by atoms with Crippen LogP contribution in [-0.2, 0) is 6.18 Å². The highest BCUT2D eigenvalue weighted by Crippen LogP contribution is 2.33. The maximum absolute atomic E-state index is 13.2. The summed E-state index contributed by atoms with van der Waals surface area (Å²) < 4.78 is 46.9. The summed E-state index contributed by atoms with van der Waals surface area (Å²) in [5.41, 5.74) is -0.742. The predicted molar refractivity (Wildman–Crippen MR) is 124 cm³/mol. The van der Waals surface area contributed by atoms with Crippen LogP contribution in [0.2, 0.25) is 0 Å². The molecule has 0 fully saturated rings. The molecule has 2 heterocycles. The van der Waals surface area contributed by atoms with Gasteiger partial charge in [0.15, 0.2) is 6.20 Å². The first-order valence-electron chi connectivity index (χ1n) is 10.5. The molecule has 4 aromatic rings. The Balaban J connectivity index is 1.47. The van der Waals surface area contributed by atoms with Crippen LogP contribution in [0.25, 0.3) is 5.69 Å². The second kappa shape index (κ2) is 10.2. The summed E-state index contributed by atoms with van der Waals surface area (Å²) in [6.45, 7) is 0. The molecule has 0 spiro atoms. The number of pyridine rings is 1. The molecule has 0 bridgehead atoms. The minimum atomic E-state index is -4.61. The topological polar surface area (TPSA) is 137 Å². The van der Waals surface area contributed by atoms with Gasteiger partial charge in [0.2, 0.25) is 0 Å². The number of urea groups is 1. The highest BCUT2D eigenvalue weighted by atomic mass is 19.4. The van der Waals surface area contributed by atoms with Crippen LogP contribution in [0.5, 0.6) is 11.5 Å². The van der Waals surface area contributed by atoms with Crippen molar-refractivity contribution in [2.45, 2.75) is 6.18 Å². The van der Waals surface area contributed by atoms with Gasteiger partial charge in [-0.05, 0) is 42.5 Å². The maximum Gasteiger partial charge on any atom is 0.416 e. The van der Waals surface area contributed by atoms with Crippen LogP contribution in [0.4, 0.5) is 29.3 Å². The predicted octanol–water partition coefficient (Wildman–Crippen LogP) is 3.72. The van der Waals surface area contributed by atoms with Crippen LogP contribution < -0.4 is 25.4 Å². The molecular formula is C23H18F3N7O4. The van der Waals surface area contributed by atoms with Gasteiger partial charge < -0.3 is 25.9 Å². The first-order chi connectivity index (χ1) is 17.6. The quantitative estimate of drug-likeness (QED) is 0.266. The molecule has 190 valence electrons. The van der Waals surface area contributed by atoms with Crippen molar-refractivity contribution >= 4 is 23.3 Å². The Bertz CT molecular complexity index is 1430. The first kappa shape index (κ1) is 25.0. The van der Waals surface area contributed by atoms with Crippen molar-refractivity contribution in [3.8, 4) is 17.2 Å². The molecule has 3 amide bonds. The fraction of sp³-hybridized carbons (Fsp3) is 0.0870. The van der Waals surface area contributed by atoms with Gasteiger partial charge in [0.1, 0.15) is 24.2 Å². The van der Waals surface area contributed by atoms with E-state index in [0.717, 1.165) is 18.3 Å². The molecule has 0 radical (unpaired) electrons. The van der Waals surface area contributed by atoms with Crippen LogP contribution in [0.3, 0.4) is 0 Å². The van der Waals surface area contributed by atoms with Crippen LogP contribution in [0, 0.1) is 5.21 Å². The number of carbonyl (C=O) groups excluding carboxylic acids is 2. The van der Waals surface area contributed by atoms with Crippen LogP contribution in [-0.4, -0.2) is 33.8 Å². The standard InChI is InChI=1S/C23H18F3N7O4/c1-27-21(34)20-11-17(8-9-33(20)36)37-16-5-3-15(4-6-16)30-22(35)31-18-10-14(23(24,25)26)2-7-19(18)32-13-28-12-29-32/h2-13H,1H3,(H,27,34)(H2,30,31,35). The Morgan fingerprint density at radius 2 is 1.78 bits per heavy atom. The summed E-state index contributed by atoms with van der Waals surface area (Å²) in [4.78, 5) is 28.1. The number of alkyl halides is 3. The molecule has 2 aromatic carbocycles. The number of anilines is 2. The summed E-state index contributed by atoms with van der Waals surface area (Å²) in [5.74, 6) is -0.0168. The fourth-order valence-electron chi connectivity index (χ4n) is 3.20. The van der Waals surface area contributed by atoms with Crippen molar-refractivity contribution in [2.24, 2.45) is 0 Å². The first-order valence-corrected chi connectivity index (χ1v) is 10.5. The lowest BCUT2D eigenvalue weighted by molar-refractivity contribution is -0.607. The van der Waals surface area contributed by atoms with E-state index in [1.54, 1.807) is 0 Å². The Morgan fingerprint density at radius 3 is 2.43 bits per heavy atom. The molecule has 0 aliphatic rings. The Kier molecular flexibility index (Phi) is 6.90. The van der Waals surface area contributed by atoms with E-state index >= 15 is 0 Å². The number of rotatable bonds is 6. The summed E-state index contributed by atoms with van der Waals surface area (Å²) in [5, 5.41) is 22.9. The molecule has 0 saturated heterocycles. The largest absolute Gasteiger partial charge is 0.618 e. The lowest BCUT2D eigenvalue weighted by Crippen LogP contribution is -2.37. The second-order valence-electron chi connectivity index (χ2n) is 7.43. The molecule has 11 nitrogen and oxygen atoms in total. The Labute approximate surface area is 207 Å². The average Bonchev–Trinajstić information content (AvgIpc) is 3.40. The number of hydrogen-bond acceptors (Lipinski definition) is 6. The van der Waals surface area contributed by atoms with Crippen molar-refractivity contribution < 1.29 is 32.2 Å². The van der Waals surface area contributed by atoms with Crippen molar-refractivity contribution in [1.82, 2.24) is 20.1 Å². The third-order valence-corrected chi connectivity index (χ3v) is 4.94. The number of amides is 3. The Morgan fingerprint density at radius 1 is 1.03 bits per heavy atom. The zero-order chi connectivity index (χ0) is 26.6. The van der Waals surface area contributed by atoms with E-state index in [9.17, 15) is 28.0 Å². The van der Waals surface area contributed by atoms with E-state index in [1.807, 2.05) is 0 Å². The zero-order valence-corrected chi connectivity index (χ0v) is 19.0. The molecule has 3 N–H and O–H groups in total. The van der Waals surface area contributed by atoms with Gasteiger partial charge in [-0.15, -0.1) is 0 Å². The van der Waals surface area contributed by atoms with E-state index in [-0.39, 0.29) is 22.8 Å². The number of halogens is 3. The molecule has 0 unspecified atom stereocenters. The number of hydrogen-bond donors (Lipinski definition) is 3. The van der Waals surface area contributed by atoms with Crippen LogP contribution >= 0.6 is 0 Å². The molecule has 2 aromatic heterocycles. The lowest BCUT2D eigenvalue weighted by Gasteiger charge is -2.15. The van der Waals surface area contributed by atoms with Crippen molar-refractivity contribution in [3.63, 3.8) is 0 Å². The molecule has 0 aliphatic carbocycles. The van der Waals surface area contributed by atoms with Gasteiger partial charge in [-0.2, -0.15) is 23.0 Å². The van der Waals surface area contributed by atoms with Crippen molar-refractivity contribution in [2.75, 3.05) is 17.7 Å². The highest BCUT2D eigenvalue weighted by molar-refractivity contribution is 6.01. The van der Waals surface area contributed by atoms with Crippen LogP contribution in [0.15, 0.2) is 73.4 Å². The molecule has 4 rings (SSSR count). The van der Waals surface area contributed by atoms with Gasteiger partial charge in [-0.1, -0.05) is 0 Å². The molecule has 37 heavy (non-hydrogen) atoms. The number of nitrogens with zero attached hydrogens (tertiary/aromatic N) is 4. The van der Waals surface area contributed by atoms with E-state index in [0.29, 0.717) is 16.2 Å². The van der Waals surface area contributed by atoms with E-state index in [2.05, 4.69) is 26.0 Å². The SMILES string of the molecule is CNC(=O)c1cc(Oc2ccc(NC(=O)Nc3cc(C(F)(F)F)ccc3-n3cncn3)cc2)cc[n+]1[O-]. The van der Waals surface area contributed by atoms with Gasteiger partial charge in [0.25, 0.3) is 5.69 Å². The smallest absolute Gasteiger partial charge is 0.416 e. The van der Waals surface area contributed by atoms with E-state index in [1.165, 1.54) is 66.8 Å². The highest BCUT2D eigenvalue weighted by Gasteiger charge is 2.31. The van der Waals surface area contributed by atoms with Crippen LogP contribution in [0.1, 0.15) is 16.1 Å². The zero-order valence-electron chi connectivity index (χ0n) is 19.0. The third kappa shape index (κ3) is 5.93. The minimum absolute atomic E-state index is 0.135. The van der Waals surface area contributed by atoms with E-state index < -0.39 is 23.7 Å². The van der Waals surface area contributed by atoms with Gasteiger partial charge in [-0.3, -0.25) is 4.79 Å². The number of aromatic nitrogens is 4. The normalized spacial score (nSPS) is 11.0. The number of ether oxygens (including phenoxy) is 1. The number of nitrogens with one attached hydrogen (secondary N) is 3. The minimum Gasteiger partial charge on any atom is -0.618 e. The molecule has 0 atom stereocenters. The summed E-state index contributed by atoms with van der Waals surface area (Å²) >= 11 is 0. The fourth-order valence-corrected chi connectivity index (χ4v) is 3.20. The summed E-state index contributed by atoms with van der Waals surface area (Å²) in [6.07, 6.45) is -0.997. The second-order valence-corrected chi connectivity index (χ2v) is 7.43. The van der Waals surface area contributed by atoms with Gasteiger partial charge in [0, 0.05) is 18.8 Å². The van der Waals surface area contributed by atoms with Gasteiger partial charge in [0.05, 0.1) is 23.0 Å². The van der Waals surface area contributed by atoms with Gasteiger partial charge >= 0.3 is 18.1 Å². The monoisotopic (exact) mass is 513 g/mol. The molecule has 14 heteroatoms. The summed E-state index contributed by atoms with van der Waals surface area (Å²) in [6, 6.07) is 10.7. The lowest BCUT2D eigenvalue weighted by atomic mass is 10.1. The Hall–Kier alpha value is -5.14. The van der Waals surface area contributed by atoms with E-state index in [4.69, 9.17) is 4.74 Å². The van der Waals surface area contributed by atoms with Gasteiger partial charge in [-0.25, -0.2) is 14.5 Å².